The zero-order chi connectivity index (χ0) is 13.1. The molecule has 0 heterocycles. The smallest absolute Gasteiger partial charge is 0.126 e. The maximum Gasteiger partial charge on any atom is 0.126 e. The van der Waals surface area contributed by atoms with Crippen molar-refractivity contribution in [2.45, 2.75) is 31.9 Å². The average Bonchev–Trinajstić information content (AvgIpc) is 3.19. The number of benzene rings is 1. The van der Waals surface area contributed by atoms with Gasteiger partial charge in [0.1, 0.15) is 5.75 Å². The van der Waals surface area contributed by atoms with Crippen molar-refractivity contribution in [3.63, 3.8) is 0 Å². The van der Waals surface area contributed by atoms with E-state index in [1.807, 2.05) is 18.2 Å². The first kappa shape index (κ1) is 13.2. The summed E-state index contributed by atoms with van der Waals surface area (Å²) in [7, 11) is 1.61. The molecule has 0 amide bonds. The third-order valence-corrected chi connectivity index (χ3v) is 3.32. The van der Waals surface area contributed by atoms with Gasteiger partial charge in [-0.05, 0) is 31.9 Å². The second kappa shape index (κ2) is 5.59. The lowest BCUT2D eigenvalue weighted by Crippen LogP contribution is -2.30. The highest BCUT2D eigenvalue weighted by atomic mass is 16.5. The Bertz CT molecular complexity index is 402. The van der Waals surface area contributed by atoms with Crippen LogP contribution < -0.4 is 9.64 Å². The van der Waals surface area contributed by atoms with Gasteiger partial charge in [0.2, 0.25) is 0 Å². The quantitative estimate of drug-likeness (QED) is 0.808. The fourth-order valence-corrected chi connectivity index (χ4v) is 2.37. The second-order valence-corrected chi connectivity index (χ2v) is 4.72. The van der Waals surface area contributed by atoms with Crippen LogP contribution in [-0.4, -0.2) is 36.5 Å². The Morgan fingerprint density at radius 3 is 2.67 bits per heavy atom. The van der Waals surface area contributed by atoms with Gasteiger partial charge in [0.25, 0.3) is 0 Å². The lowest BCUT2D eigenvalue weighted by molar-refractivity contribution is 0.194. The average molecular weight is 251 g/mol. The predicted molar refractivity (Wildman–Crippen MR) is 71.1 cm³/mol. The minimum Gasteiger partial charge on any atom is -0.496 e. The van der Waals surface area contributed by atoms with E-state index in [4.69, 9.17) is 4.74 Å². The van der Waals surface area contributed by atoms with Crippen LogP contribution in [0.25, 0.3) is 0 Å². The molecule has 18 heavy (non-hydrogen) atoms. The van der Waals surface area contributed by atoms with Gasteiger partial charge in [0.15, 0.2) is 0 Å². The van der Waals surface area contributed by atoms with Gasteiger partial charge in [-0.1, -0.05) is 6.07 Å². The molecular weight excluding hydrogens is 230 g/mol. The van der Waals surface area contributed by atoms with E-state index >= 15 is 0 Å². The highest BCUT2D eigenvalue weighted by Crippen LogP contribution is 2.39. The second-order valence-electron chi connectivity index (χ2n) is 4.72. The predicted octanol–water partition coefficient (Wildman–Crippen LogP) is 1.71. The van der Waals surface area contributed by atoms with Crippen LogP contribution in [0.1, 0.15) is 31.4 Å². The van der Waals surface area contributed by atoms with Crippen LogP contribution in [0.3, 0.4) is 0 Å². The van der Waals surface area contributed by atoms with E-state index in [2.05, 4.69) is 4.90 Å². The largest absolute Gasteiger partial charge is 0.496 e. The molecule has 0 bridgehead atoms. The molecule has 1 aliphatic rings. The number of ether oxygens (including phenoxy) is 1. The number of aliphatic hydroxyl groups is 2. The molecule has 1 aromatic rings. The molecule has 0 aromatic heterocycles. The van der Waals surface area contributed by atoms with Crippen molar-refractivity contribution >= 4 is 5.69 Å². The van der Waals surface area contributed by atoms with Crippen molar-refractivity contribution in [1.82, 2.24) is 0 Å². The number of aliphatic hydroxyl groups excluding tert-OH is 2. The molecule has 0 radical (unpaired) electrons. The summed E-state index contributed by atoms with van der Waals surface area (Å²) in [5.74, 6) is 0.700. The molecule has 0 aliphatic heterocycles. The molecule has 100 valence electrons. The van der Waals surface area contributed by atoms with Gasteiger partial charge < -0.3 is 19.8 Å². The standard InChI is InChI=1S/C14H21NO3/c1-10(17)14-12(4-3-5-13(14)18-2)15(8-9-16)11-6-7-11/h3-5,10-11,16-17H,6-9H2,1-2H3/t10-/m1/s1. The molecule has 2 rings (SSSR count). The highest BCUT2D eigenvalue weighted by molar-refractivity contribution is 5.61. The number of methoxy groups -OCH3 is 1. The Kier molecular flexibility index (Phi) is 4.09. The third-order valence-electron chi connectivity index (χ3n) is 3.32. The summed E-state index contributed by atoms with van der Waals surface area (Å²) in [5.41, 5.74) is 1.78. The van der Waals surface area contributed by atoms with Gasteiger partial charge in [0, 0.05) is 23.8 Å². The lowest BCUT2D eigenvalue weighted by Gasteiger charge is -2.28. The van der Waals surface area contributed by atoms with E-state index in [1.165, 1.54) is 0 Å². The zero-order valence-electron chi connectivity index (χ0n) is 11.0. The minimum atomic E-state index is -0.587. The molecule has 4 nitrogen and oxygen atoms in total. The van der Waals surface area contributed by atoms with Crippen molar-refractivity contribution in [3.8, 4) is 5.75 Å². The summed E-state index contributed by atoms with van der Waals surface area (Å²) in [5, 5.41) is 19.2. The molecule has 1 aromatic carbocycles. The van der Waals surface area contributed by atoms with Gasteiger partial charge >= 0.3 is 0 Å². The van der Waals surface area contributed by atoms with Crippen LogP contribution >= 0.6 is 0 Å². The van der Waals surface area contributed by atoms with E-state index < -0.39 is 6.10 Å². The summed E-state index contributed by atoms with van der Waals surface area (Å²) in [6, 6.07) is 6.25. The lowest BCUT2D eigenvalue weighted by atomic mass is 10.1. The van der Waals surface area contributed by atoms with E-state index in [0.29, 0.717) is 18.3 Å². The van der Waals surface area contributed by atoms with Gasteiger partial charge in [-0.25, -0.2) is 0 Å². The summed E-state index contributed by atoms with van der Waals surface area (Å²) in [4.78, 5) is 2.17. The first-order valence-corrected chi connectivity index (χ1v) is 6.41. The maximum absolute atomic E-state index is 9.97. The molecule has 0 saturated heterocycles. The van der Waals surface area contributed by atoms with Crippen molar-refractivity contribution in [1.29, 1.82) is 0 Å². The zero-order valence-corrected chi connectivity index (χ0v) is 11.0. The van der Waals surface area contributed by atoms with Crippen LogP contribution in [0.2, 0.25) is 0 Å². The Morgan fingerprint density at radius 1 is 1.44 bits per heavy atom. The molecule has 1 saturated carbocycles. The Morgan fingerprint density at radius 2 is 2.17 bits per heavy atom. The van der Waals surface area contributed by atoms with E-state index in [1.54, 1.807) is 14.0 Å². The summed E-state index contributed by atoms with van der Waals surface area (Å²) >= 11 is 0. The molecule has 1 atom stereocenters. The van der Waals surface area contributed by atoms with Gasteiger partial charge in [-0.2, -0.15) is 0 Å². The molecule has 1 fully saturated rings. The Balaban J connectivity index is 2.40. The fourth-order valence-electron chi connectivity index (χ4n) is 2.37. The molecular formula is C14H21NO3. The van der Waals surface area contributed by atoms with Crippen molar-refractivity contribution in [2.24, 2.45) is 0 Å². The number of hydrogen-bond acceptors (Lipinski definition) is 4. The fraction of sp³-hybridized carbons (Fsp3) is 0.571. The monoisotopic (exact) mass is 251 g/mol. The maximum atomic E-state index is 9.97. The van der Waals surface area contributed by atoms with E-state index in [0.717, 1.165) is 24.1 Å². The highest BCUT2D eigenvalue weighted by Gasteiger charge is 2.31. The molecule has 0 spiro atoms. The molecule has 4 heteroatoms. The van der Waals surface area contributed by atoms with Gasteiger partial charge in [-0.15, -0.1) is 0 Å². The van der Waals surface area contributed by atoms with Gasteiger partial charge in [0.05, 0.1) is 19.8 Å². The number of hydrogen-bond donors (Lipinski definition) is 2. The Hall–Kier alpha value is -1.26. The summed E-state index contributed by atoms with van der Waals surface area (Å²) in [6.45, 7) is 2.45. The first-order valence-electron chi connectivity index (χ1n) is 6.41. The van der Waals surface area contributed by atoms with Crippen molar-refractivity contribution in [3.05, 3.63) is 23.8 Å². The van der Waals surface area contributed by atoms with Crippen molar-refractivity contribution < 1.29 is 14.9 Å². The first-order chi connectivity index (χ1) is 8.69. The van der Waals surface area contributed by atoms with Gasteiger partial charge in [-0.3, -0.25) is 0 Å². The third kappa shape index (κ3) is 2.60. The summed E-state index contributed by atoms with van der Waals surface area (Å²) < 4.78 is 5.33. The molecule has 0 unspecified atom stereocenters. The van der Waals surface area contributed by atoms with Crippen molar-refractivity contribution in [2.75, 3.05) is 25.2 Å². The van der Waals surface area contributed by atoms with Crippen LogP contribution in [-0.2, 0) is 0 Å². The molecule has 2 N–H and O–H groups in total. The van der Waals surface area contributed by atoms with Crippen LogP contribution in [0.15, 0.2) is 18.2 Å². The SMILES string of the molecule is COc1cccc(N(CCO)C2CC2)c1[C@@H](C)O. The number of nitrogens with zero attached hydrogens (tertiary/aromatic N) is 1. The van der Waals surface area contributed by atoms with E-state index in [-0.39, 0.29) is 6.61 Å². The number of rotatable bonds is 6. The number of anilines is 1. The topological polar surface area (TPSA) is 52.9 Å². The molecule has 1 aliphatic carbocycles. The Labute approximate surface area is 108 Å². The minimum absolute atomic E-state index is 0.118. The normalized spacial score (nSPS) is 16.4. The van der Waals surface area contributed by atoms with Crippen LogP contribution in [0, 0.1) is 0 Å². The summed E-state index contributed by atoms with van der Waals surface area (Å²) in [6.07, 6.45) is 1.71. The van der Waals surface area contributed by atoms with Crippen LogP contribution in [0.4, 0.5) is 5.69 Å². The van der Waals surface area contributed by atoms with Crippen LogP contribution in [0.5, 0.6) is 5.75 Å². The van der Waals surface area contributed by atoms with E-state index in [9.17, 15) is 10.2 Å².